The van der Waals surface area contributed by atoms with Crippen LogP contribution in [0.1, 0.15) is 19.3 Å². The highest BCUT2D eigenvalue weighted by molar-refractivity contribution is 14.1. The molecule has 0 aliphatic carbocycles. The zero-order valence-corrected chi connectivity index (χ0v) is 17.5. The van der Waals surface area contributed by atoms with Gasteiger partial charge in [0.15, 0.2) is 0 Å². The Balaban J connectivity index is 4.40. The van der Waals surface area contributed by atoms with Crippen LogP contribution in [0.15, 0.2) is 0 Å². The van der Waals surface area contributed by atoms with Gasteiger partial charge in [-0.15, -0.1) is 0 Å². The summed E-state index contributed by atoms with van der Waals surface area (Å²) in [5, 5.41) is 0. The summed E-state index contributed by atoms with van der Waals surface area (Å²) in [5.41, 5.74) is 0. The van der Waals surface area contributed by atoms with Gasteiger partial charge in [0.2, 0.25) is 0 Å². The Morgan fingerprint density at radius 1 is 0.684 bits per heavy atom. The van der Waals surface area contributed by atoms with E-state index in [1.807, 2.05) is 67.8 Å². The maximum absolute atomic E-state index is 11.4. The molecule has 0 N–H and O–H groups in total. The van der Waals surface area contributed by atoms with Crippen LogP contribution >= 0.6 is 67.8 Å². The molecule has 108 valence electrons. The summed E-state index contributed by atoms with van der Waals surface area (Å²) in [4.78, 5) is 34.1. The molecule has 0 radical (unpaired) electrons. The van der Waals surface area contributed by atoms with E-state index in [-0.39, 0.29) is 19.3 Å². The van der Waals surface area contributed by atoms with E-state index in [4.69, 9.17) is 11.4 Å². The van der Waals surface area contributed by atoms with Crippen molar-refractivity contribution in [3.63, 3.8) is 0 Å². The Hall–Kier alpha value is 1.13. The van der Waals surface area contributed by atoms with Crippen molar-refractivity contribution in [1.82, 2.24) is 0 Å². The van der Waals surface area contributed by atoms with E-state index in [2.05, 4.69) is 0 Å². The minimum Gasteiger partial charge on any atom is -0.551 e. The standard InChI is InChI=1S/3C3H5IO2.Al/c3*4-2-1-3(5)6;/h3*1-2H2,(H,5,6);/q;;;+3/p-3. The summed E-state index contributed by atoms with van der Waals surface area (Å²) < 4.78 is 16.5. The fourth-order valence-corrected chi connectivity index (χ4v) is 3.27. The van der Waals surface area contributed by atoms with Crippen LogP contribution in [0.3, 0.4) is 0 Å². The summed E-state index contributed by atoms with van der Waals surface area (Å²) in [6.07, 6.45) is 0.577. The van der Waals surface area contributed by atoms with Gasteiger partial charge in [0.25, 0.3) is 17.9 Å². The predicted octanol–water partition coefficient (Wildman–Crippen LogP) is 2.08. The highest BCUT2D eigenvalue weighted by Crippen LogP contribution is 2.04. The molecule has 0 bridgehead atoms. The molecule has 0 rings (SSSR count). The van der Waals surface area contributed by atoms with Gasteiger partial charge in [-0.2, -0.15) is 0 Å². The van der Waals surface area contributed by atoms with Crippen LogP contribution in [0, 0.1) is 0 Å². The Kier molecular flexibility index (Phi) is 13.6. The summed E-state index contributed by atoms with van der Waals surface area (Å²) in [5.74, 6) is -1.55. The van der Waals surface area contributed by atoms with Crippen molar-refractivity contribution in [3.05, 3.63) is 0 Å². The maximum atomic E-state index is 11.4. The van der Waals surface area contributed by atoms with E-state index in [1.165, 1.54) is 0 Å². The van der Waals surface area contributed by atoms with E-state index in [0.717, 1.165) is 0 Å². The number of alkyl halides is 3. The molecule has 0 saturated heterocycles. The SMILES string of the molecule is O=C(CCI)[O][Al]([O]C(=O)CCI)[O]C(=O)CCI. The number of halogens is 3. The first-order valence-electron chi connectivity index (χ1n) is 5.29. The van der Waals surface area contributed by atoms with Crippen LogP contribution in [0.2, 0.25) is 0 Å². The second kappa shape index (κ2) is 12.8. The fraction of sp³-hybridized carbons (Fsp3) is 0.667. The first-order valence-corrected chi connectivity index (χ1v) is 11.3. The zero-order valence-electron chi connectivity index (χ0n) is 9.90. The Morgan fingerprint density at radius 3 is 1.16 bits per heavy atom. The number of hydrogen-bond donors (Lipinski definition) is 0. The predicted molar refractivity (Wildman–Crippen MR) is 94.5 cm³/mol. The molecule has 0 atom stereocenters. The maximum Gasteiger partial charge on any atom is 1.20 e. The first kappa shape index (κ1) is 20.1. The Bertz CT molecular complexity index is 267. The number of carbonyl (C=O) groups excluding carboxylic acids is 3. The van der Waals surface area contributed by atoms with E-state index in [0.29, 0.717) is 13.3 Å². The third-order valence-electron chi connectivity index (χ3n) is 1.58. The molecular weight excluding hydrogens is 612 g/mol. The molecule has 0 heterocycles. The lowest BCUT2D eigenvalue weighted by Crippen LogP contribution is -2.35. The van der Waals surface area contributed by atoms with Gasteiger partial charge in [-0.25, -0.2) is 0 Å². The largest absolute Gasteiger partial charge is 1.20 e. The lowest BCUT2D eigenvalue weighted by molar-refractivity contribution is -0.147. The molecular formula is C9H12AlI3O6. The summed E-state index contributed by atoms with van der Waals surface area (Å²) in [7, 11) is 0. The van der Waals surface area contributed by atoms with Gasteiger partial charge < -0.3 is 11.4 Å². The van der Waals surface area contributed by atoms with Crippen molar-refractivity contribution < 1.29 is 25.7 Å². The molecule has 0 amide bonds. The first-order chi connectivity index (χ1) is 9.03. The summed E-state index contributed by atoms with van der Waals surface area (Å²) in [6, 6.07) is 0. The second-order valence-corrected chi connectivity index (χ2v) is 7.60. The van der Waals surface area contributed by atoms with Gasteiger partial charge in [-0.05, 0) is 0 Å². The number of carbonyl (C=O) groups is 3. The smallest absolute Gasteiger partial charge is 0.551 e. The molecule has 10 heteroatoms. The molecule has 19 heavy (non-hydrogen) atoms. The third-order valence-corrected chi connectivity index (χ3v) is 4.56. The quantitative estimate of drug-likeness (QED) is 0.223. The number of rotatable bonds is 9. The Morgan fingerprint density at radius 2 is 0.947 bits per heavy atom. The molecule has 0 saturated carbocycles. The van der Waals surface area contributed by atoms with Gasteiger partial charge in [0, 0.05) is 13.3 Å². The number of hydrogen-bond acceptors (Lipinski definition) is 6. The summed E-state index contributed by atoms with van der Waals surface area (Å²) in [6.45, 7) is 0. The molecule has 0 aromatic carbocycles. The van der Waals surface area contributed by atoms with Crippen LogP contribution in [0.25, 0.3) is 0 Å². The van der Waals surface area contributed by atoms with Crippen LogP contribution in [0.4, 0.5) is 0 Å². The minimum absolute atomic E-state index is 0.192. The molecule has 0 aliphatic rings. The average molecular weight is 624 g/mol. The lowest BCUT2D eigenvalue weighted by Gasteiger charge is -2.12. The molecule has 6 nitrogen and oxygen atoms in total. The third kappa shape index (κ3) is 11.5. The molecule has 0 aromatic rings. The van der Waals surface area contributed by atoms with Crippen molar-refractivity contribution >= 4 is 101 Å². The van der Waals surface area contributed by atoms with Crippen LogP contribution in [0.5, 0.6) is 0 Å². The van der Waals surface area contributed by atoms with Crippen LogP contribution in [-0.2, 0) is 25.7 Å². The lowest BCUT2D eigenvalue weighted by atomic mass is 10.5. The summed E-state index contributed by atoms with van der Waals surface area (Å²) >= 11 is 3.01. The monoisotopic (exact) mass is 624 g/mol. The zero-order chi connectivity index (χ0) is 14.7. The van der Waals surface area contributed by atoms with Gasteiger partial charge in [-0.1, -0.05) is 67.8 Å². The van der Waals surface area contributed by atoms with Crippen molar-refractivity contribution in [2.75, 3.05) is 13.3 Å². The molecule has 0 spiro atoms. The van der Waals surface area contributed by atoms with Crippen molar-refractivity contribution in [1.29, 1.82) is 0 Å². The van der Waals surface area contributed by atoms with Gasteiger partial charge in [-0.3, -0.25) is 14.4 Å². The van der Waals surface area contributed by atoms with Gasteiger partial charge in [0.1, 0.15) is 0 Å². The molecule has 0 aromatic heterocycles. The topological polar surface area (TPSA) is 78.9 Å². The highest BCUT2D eigenvalue weighted by Gasteiger charge is 2.48. The minimum atomic E-state index is -3.06. The van der Waals surface area contributed by atoms with E-state index in [9.17, 15) is 14.4 Å². The van der Waals surface area contributed by atoms with E-state index >= 15 is 0 Å². The Labute approximate surface area is 157 Å². The van der Waals surface area contributed by atoms with Crippen molar-refractivity contribution in [3.8, 4) is 0 Å². The molecule has 0 fully saturated rings. The van der Waals surface area contributed by atoms with Crippen LogP contribution < -0.4 is 0 Å². The van der Waals surface area contributed by atoms with Crippen molar-refractivity contribution in [2.24, 2.45) is 0 Å². The van der Waals surface area contributed by atoms with E-state index in [1.54, 1.807) is 0 Å². The van der Waals surface area contributed by atoms with Crippen molar-refractivity contribution in [2.45, 2.75) is 19.3 Å². The van der Waals surface area contributed by atoms with Gasteiger partial charge >= 0.3 is 15.1 Å². The average Bonchev–Trinajstić information content (AvgIpc) is 2.29. The normalized spacial score (nSPS) is 9.63. The second-order valence-electron chi connectivity index (χ2n) is 3.08. The molecule has 0 aliphatic heterocycles. The molecule has 0 unspecified atom stereocenters. The highest BCUT2D eigenvalue weighted by atomic mass is 127. The van der Waals surface area contributed by atoms with E-state index < -0.39 is 33.1 Å². The van der Waals surface area contributed by atoms with Crippen LogP contribution in [-0.4, -0.2) is 46.3 Å². The van der Waals surface area contributed by atoms with Gasteiger partial charge in [0.05, 0.1) is 19.3 Å². The fourth-order valence-electron chi connectivity index (χ4n) is 0.802.